The molecule has 0 bridgehead atoms. The van der Waals surface area contributed by atoms with Crippen LogP contribution in [-0.4, -0.2) is 24.4 Å². The number of hydrogen-bond acceptors (Lipinski definition) is 3. The average Bonchev–Trinajstić information content (AvgIpc) is 2.17. The van der Waals surface area contributed by atoms with Gasteiger partial charge >= 0.3 is 0 Å². The number of hydrogen-bond donors (Lipinski definition) is 2. The molecule has 0 saturated carbocycles. The lowest BCUT2D eigenvalue weighted by atomic mass is 10.1. The standard InChI is InChI=1S/C10H13NO2/c1-7-2-3-9-10(4-7)13-6-8(5-12)11-9/h2-4,8,11-12H,5-6H2,1H3. The van der Waals surface area contributed by atoms with Gasteiger partial charge in [-0.05, 0) is 24.6 Å². The summed E-state index contributed by atoms with van der Waals surface area (Å²) in [6, 6.07) is 6.02. The van der Waals surface area contributed by atoms with Gasteiger partial charge < -0.3 is 15.2 Å². The first-order valence-electron chi connectivity index (χ1n) is 4.40. The van der Waals surface area contributed by atoms with Crippen LogP contribution in [0.5, 0.6) is 5.75 Å². The summed E-state index contributed by atoms with van der Waals surface area (Å²) in [4.78, 5) is 0. The fourth-order valence-electron chi connectivity index (χ4n) is 1.42. The summed E-state index contributed by atoms with van der Waals surface area (Å²) in [5.74, 6) is 0.879. The first-order chi connectivity index (χ1) is 6.29. The van der Waals surface area contributed by atoms with Gasteiger partial charge in [0.1, 0.15) is 12.4 Å². The van der Waals surface area contributed by atoms with Crippen molar-refractivity contribution in [2.24, 2.45) is 0 Å². The topological polar surface area (TPSA) is 41.5 Å². The van der Waals surface area contributed by atoms with Crippen molar-refractivity contribution in [3.05, 3.63) is 23.8 Å². The molecule has 13 heavy (non-hydrogen) atoms. The van der Waals surface area contributed by atoms with E-state index in [9.17, 15) is 0 Å². The monoisotopic (exact) mass is 179 g/mol. The Morgan fingerprint density at radius 2 is 2.46 bits per heavy atom. The van der Waals surface area contributed by atoms with Crippen LogP contribution in [0.2, 0.25) is 0 Å². The molecule has 0 aliphatic carbocycles. The Hall–Kier alpha value is -1.22. The zero-order valence-corrected chi connectivity index (χ0v) is 7.58. The fraction of sp³-hybridized carbons (Fsp3) is 0.400. The Labute approximate surface area is 77.3 Å². The van der Waals surface area contributed by atoms with Crippen LogP contribution in [0.4, 0.5) is 5.69 Å². The number of aryl methyl sites for hydroxylation is 1. The van der Waals surface area contributed by atoms with Crippen LogP contribution in [0.1, 0.15) is 5.56 Å². The van der Waals surface area contributed by atoms with E-state index in [2.05, 4.69) is 5.32 Å². The van der Waals surface area contributed by atoms with Crippen molar-refractivity contribution < 1.29 is 9.84 Å². The molecule has 1 aliphatic heterocycles. The molecule has 1 unspecified atom stereocenters. The third kappa shape index (κ3) is 1.60. The van der Waals surface area contributed by atoms with Crippen LogP contribution in [0, 0.1) is 6.92 Å². The second kappa shape index (κ2) is 3.26. The third-order valence-corrected chi connectivity index (χ3v) is 2.16. The van der Waals surface area contributed by atoms with Gasteiger partial charge in [0, 0.05) is 0 Å². The SMILES string of the molecule is Cc1ccc2c(c1)OCC(CO)N2. The van der Waals surface area contributed by atoms with Gasteiger partial charge in [-0.3, -0.25) is 0 Å². The molecule has 1 atom stereocenters. The lowest BCUT2D eigenvalue weighted by Crippen LogP contribution is -2.34. The minimum Gasteiger partial charge on any atom is -0.489 e. The van der Waals surface area contributed by atoms with Gasteiger partial charge in [-0.15, -0.1) is 0 Å². The molecule has 0 saturated heterocycles. The predicted octanol–water partition coefficient (Wildman–Crippen LogP) is 1.16. The van der Waals surface area contributed by atoms with E-state index in [4.69, 9.17) is 9.84 Å². The molecule has 0 fully saturated rings. The van der Waals surface area contributed by atoms with Gasteiger partial charge in [0.2, 0.25) is 0 Å². The molecule has 2 N–H and O–H groups in total. The lowest BCUT2D eigenvalue weighted by Gasteiger charge is -2.26. The van der Waals surface area contributed by atoms with E-state index in [1.807, 2.05) is 25.1 Å². The van der Waals surface area contributed by atoms with Crippen LogP contribution in [0.3, 0.4) is 0 Å². The van der Waals surface area contributed by atoms with Crippen molar-refractivity contribution in [2.45, 2.75) is 13.0 Å². The maximum Gasteiger partial charge on any atom is 0.142 e. The molecule has 0 spiro atoms. The summed E-state index contributed by atoms with van der Waals surface area (Å²) in [6.45, 7) is 2.67. The number of nitrogens with one attached hydrogen (secondary N) is 1. The summed E-state index contributed by atoms with van der Waals surface area (Å²) >= 11 is 0. The van der Waals surface area contributed by atoms with Gasteiger partial charge in [-0.2, -0.15) is 0 Å². The predicted molar refractivity (Wildman–Crippen MR) is 51.2 cm³/mol. The Kier molecular flexibility index (Phi) is 2.10. The van der Waals surface area contributed by atoms with Crippen molar-refractivity contribution in [2.75, 3.05) is 18.5 Å². The zero-order valence-electron chi connectivity index (χ0n) is 7.58. The van der Waals surface area contributed by atoms with Crippen molar-refractivity contribution in [3.63, 3.8) is 0 Å². The molecule has 0 aromatic heterocycles. The van der Waals surface area contributed by atoms with Crippen LogP contribution in [0.15, 0.2) is 18.2 Å². The van der Waals surface area contributed by atoms with E-state index < -0.39 is 0 Å². The molecular weight excluding hydrogens is 166 g/mol. The Balaban J connectivity index is 2.26. The third-order valence-electron chi connectivity index (χ3n) is 2.16. The molecule has 1 aromatic rings. The van der Waals surface area contributed by atoms with Gasteiger partial charge in [-0.25, -0.2) is 0 Å². The number of anilines is 1. The molecule has 70 valence electrons. The highest BCUT2D eigenvalue weighted by Gasteiger charge is 2.17. The van der Waals surface area contributed by atoms with E-state index in [1.165, 1.54) is 5.56 Å². The Morgan fingerprint density at radius 3 is 3.23 bits per heavy atom. The lowest BCUT2D eigenvalue weighted by molar-refractivity contribution is 0.207. The summed E-state index contributed by atoms with van der Waals surface area (Å²) in [5.41, 5.74) is 2.15. The minimum atomic E-state index is 0.0233. The summed E-state index contributed by atoms with van der Waals surface area (Å²) in [7, 11) is 0. The van der Waals surface area contributed by atoms with Gasteiger partial charge in [0.15, 0.2) is 0 Å². The smallest absolute Gasteiger partial charge is 0.142 e. The van der Waals surface area contributed by atoms with E-state index in [0.717, 1.165) is 11.4 Å². The maximum absolute atomic E-state index is 8.93. The number of aliphatic hydroxyl groups is 1. The summed E-state index contributed by atoms with van der Waals surface area (Å²) < 4.78 is 5.49. The van der Waals surface area contributed by atoms with Crippen molar-refractivity contribution >= 4 is 5.69 Å². The number of fused-ring (bicyclic) bond motifs is 1. The normalized spacial score (nSPS) is 20.0. The number of ether oxygens (including phenoxy) is 1. The Morgan fingerprint density at radius 1 is 1.62 bits per heavy atom. The molecule has 1 aliphatic rings. The van der Waals surface area contributed by atoms with Crippen molar-refractivity contribution in [1.82, 2.24) is 0 Å². The molecule has 1 aromatic carbocycles. The van der Waals surface area contributed by atoms with E-state index >= 15 is 0 Å². The number of rotatable bonds is 1. The van der Waals surface area contributed by atoms with Gasteiger partial charge in [0.25, 0.3) is 0 Å². The fourth-order valence-corrected chi connectivity index (χ4v) is 1.42. The van der Waals surface area contributed by atoms with Crippen LogP contribution in [0.25, 0.3) is 0 Å². The van der Waals surface area contributed by atoms with Crippen LogP contribution >= 0.6 is 0 Å². The molecule has 1 heterocycles. The van der Waals surface area contributed by atoms with Crippen LogP contribution in [-0.2, 0) is 0 Å². The first kappa shape index (κ1) is 8.38. The van der Waals surface area contributed by atoms with Crippen molar-refractivity contribution in [3.8, 4) is 5.75 Å². The Bertz CT molecular complexity index is 312. The van der Waals surface area contributed by atoms with Crippen molar-refractivity contribution in [1.29, 1.82) is 0 Å². The molecule has 3 nitrogen and oxygen atoms in total. The van der Waals surface area contributed by atoms with Crippen LogP contribution < -0.4 is 10.1 Å². The second-order valence-electron chi connectivity index (χ2n) is 3.33. The maximum atomic E-state index is 8.93. The zero-order chi connectivity index (χ0) is 9.26. The van der Waals surface area contributed by atoms with E-state index in [0.29, 0.717) is 6.61 Å². The number of aliphatic hydroxyl groups excluding tert-OH is 1. The van der Waals surface area contributed by atoms with E-state index in [1.54, 1.807) is 0 Å². The highest BCUT2D eigenvalue weighted by Crippen LogP contribution is 2.29. The highest BCUT2D eigenvalue weighted by molar-refractivity contribution is 5.59. The summed E-state index contributed by atoms with van der Waals surface area (Å²) in [5, 5.41) is 12.1. The second-order valence-corrected chi connectivity index (χ2v) is 3.33. The number of benzene rings is 1. The molecule has 0 amide bonds. The van der Waals surface area contributed by atoms with Gasteiger partial charge in [0.05, 0.1) is 18.3 Å². The molecule has 3 heteroatoms. The van der Waals surface area contributed by atoms with E-state index in [-0.39, 0.29) is 12.6 Å². The quantitative estimate of drug-likeness (QED) is 0.679. The van der Waals surface area contributed by atoms with Gasteiger partial charge in [-0.1, -0.05) is 6.07 Å². The average molecular weight is 179 g/mol. The largest absolute Gasteiger partial charge is 0.489 e. The molecule has 0 radical (unpaired) electrons. The summed E-state index contributed by atoms with van der Waals surface area (Å²) in [6.07, 6.45) is 0. The molecular formula is C10H13NO2. The highest BCUT2D eigenvalue weighted by atomic mass is 16.5. The minimum absolute atomic E-state index is 0.0233. The first-order valence-corrected chi connectivity index (χ1v) is 4.40. The molecule has 2 rings (SSSR count).